The van der Waals surface area contributed by atoms with Gasteiger partial charge in [0.1, 0.15) is 18.8 Å². The summed E-state index contributed by atoms with van der Waals surface area (Å²) in [5.74, 6) is -0.377. The van der Waals surface area contributed by atoms with E-state index in [0.29, 0.717) is 30.2 Å². The molecule has 0 saturated heterocycles. The average Bonchev–Trinajstić information content (AvgIpc) is 3.21. The molecule has 1 aromatic heterocycles. The maximum Gasteiger partial charge on any atom is 0.337 e. The number of carbonyl (C=O) groups excluding carboxylic acids is 1. The number of rotatable bonds is 5. The Morgan fingerprint density at radius 3 is 2.86 bits per heavy atom. The van der Waals surface area contributed by atoms with Crippen molar-refractivity contribution in [3.8, 4) is 0 Å². The number of hydrogen-bond donors (Lipinski definition) is 0. The predicted octanol–water partition coefficient (Wildman–Crippen LogP) is 2.52. The Morgan fingerprint density at radius 1 is 1.41 bits per heavy atom. The van der Waals surface area contributed by atoms with Gasteiger partial charge >= 0.3 is 5.97 Å². The van der Waals surface area contributed by atoms with E-state index in [-0.39, 0.29) is 5.97 Å². The van der Waals surface area contributed by atoms with Crippen LogP contribution in [0.3, 0.4) is 0 Å². The average molecular weight is 320 g/mol. The van der Waals surface area contributed by atoms with Crippen molar-refractivity contribution in [3.05, 3.63) is 59.3 Å². The molecule has 1 atom stereocenters. The molecule has 0 aliphatic carbocycles. The highest BCUT2D eigenvalue weighted by Crippen LogP contribution is 2.24. The SMILES string of the molecule is O=C(OC(Cn1cncn1)c1ccc(Cl)cc1)C1=COCC1. The van der Waals surface area contributed by atoms with Crippen LogP contribution in [0.25, 0.3) is 0 Å². The molecular weight excluding hydrogens is 306 g/mol. The second-order valence-electron chi connectivity index (χ2n) is 4.83. The van der Waals surface area contributed by atoms with Crippen LogP contribution in [-0.2, 0) is 20.8 Å². The summed E-state index contributed by atoms with van der Waals surface area (Å²) >= 11 is 5.91. The number of carbonyl (C=O) groups is 1. The summed E-state index contributed by atoms with van der Waals surface area (Å²) in [5.41, 5.74) is 1.38. The minimum absolute atomic E-state index is 0.376. The van der Waals surface area contributed by atoms with E-state index in [1.165, 1.54) is 12.6 Å². The van der Waals surface area contributed by atoms with E-state index in [0.717, 1.165) is 5.56 Å². The van der Waals surface area contributed by atoms with Crippen molar-refractivity contribution in [1.82, 2.24) is 14.8 Å². The fourth-order valence-electron chi connectivity index (χ4n) is 2.13. The van der Waals surface area contributed by atoms with Gasteiger partial charge in [0, 0.05) is 11.4 Å². The molecule has 2 heterocycles. The van der Waals surface area contributed by atoms with Gasteiger partial charge in [-0.2, -0.15) is 5.10 Å². The minimum atomic E-state index is -0.479. The van der Waals surface area contributed by atoms with Gasteiger partial charge < -0.3 is 9.47 Å². The van der Waals surface area contributed by atoms with E-state index in [1.54, 1.807) is 23.1 Å². The van der Waals surface area contributed by atoms with Gasteiger partial charge in [-0.25, -0.2) is 14.5 Å². The lowest BCUT2D eigenvalue weighted by molar-refractivity contribution is -0.145. The van der Waals surface area contributed by atoms with Crippen molar-refractivity contribution in [1.29, 1.82) is 0 Å². The summed E-state index contributed by atoms with van der Waals surface area (Å²) in [7, 11) is 0. The molecule has 1 aliphatic heterocycles. The molecular formula is C15H14ClN3O3. The summed E-state index contributed by atoms with van der Waals surface area (Å²) in [4.78, 5) is 16.1. The van der Waals surface area contributed by atoms with Gasteiger partial charge in [0.25, 0.3) is 0 Å². The third-order valence-electron chi connectivity index (χ3n) is 3.29. The minimum Gasteiger partial charge on any atom is -0.500 e. The van der Waals surface area contributed by atoms with Gasteiger partial charge in [0.05, 0.1) is 25.0 Å². The van der Waals surface area contributed by atoms with E-state index < -0.39 is 6.10 Å². The first-order valence-corrected chi connectivity index (χ1v) is 7.19. The molecule has 7 heteroatoms. The topological polar surface area (TPSA) is 66.2 Å². The molecule has 22 heavy (non-hydrogen) atoms. The van der Waals surface area contributed by atoms with Crippen molar-refractivity contribution in [2.75, 3.05) is 6.61 Å². The Labute approximate surface area is 132 Å². The Hall–Kier alpha value is -2.34. The third-order valence-corrected chi connectivity index (χ3v) is 3.54. The van der Waals surface area contributed by atoms with Gasteiger partial charge in [-0.3, -0.25) is 0 Å². The predicted molar refractivity (Wildman–Crippen MR) is 79.0 cm³/mol. The second-order valence-corrected chi connectivity index (χ2v) is 5.26. The molecule has 0 spiro atoms. The summed E-state index contributed by atoms with van der Waals surface area (Å²) in [6, 6.07) is 7.18. The van der Waals surface area contributed by atoms with E-state index in [4.69, 9.17) is 21.1 Å². The molecule has 1 unspecified atom stereocenters. The summed E-state index contributed by atoms with van der Waals surface area (Å²) < 4.78 is 12.3. The van der Waals surface area contributed by atoms with Crippen molar-refractivity contribution in [2.45, 2.75) is 19.1 Å². The molecule has 114 valence electrons. The normalized spacial score (nSPS) is 15.0. The Morgan fingerprint density at radius 2 is 2.23 bits per heavy atom. The molecule has 3 rings (SSSR count). The molecule has 0 bridgehead atoms. The van der Waals surface area contributed by atoms with E-state index in [1.807, 2.05) is 12.1 Å². The number of hydrogen-bond acceptors (Lipinski definition) is 5. The lowest BCUT2D eigenvalue weighted by Crippen LogP contribution is -2.18. The zero-order valence-corrected chi connectivity index (χ0v) is 12.4. The van der Waals surface area contributed by atoms with Crippen LogP contribution in [0.4, 0.5) is 0 Å². The Balaban J connectivity index is 1.78. The lowest BCUT2D eigenvalue weighted by atomic mass is 10.1. The van der Waals surface area contributed by atoms with Gasteiger partial charge in [-0.1, -0.05) is 23.7 Å². The zero-order chi connectivity index (χ0) is 15.4. The van der Waals surface area contributed by atoms with Crippen LogP contribution in [0.5, 0.6) is 0 Å². The molecule has 0 amide bonds. The summed E-state index contributed by atoms with van der Waals surface area (Å²) in [5, 5.41) is 4.68. The van der Waals surface area contributed by atoms with Crippen LogP contribution in [0.15, 0.2) is 48.8 Å². The summed E-state index contributed by atoms with van der Waals surface area (Å²) in [6.45, 7) is 0.890. The number of aromatic nitrogens is 3. The van der Waals surface area contributed by atoms with Crippen LogP contribution in [0.1, 0.15) is 18.1 Å². The van der Waals surface area contributed by atoms with Crippen LogP contribution in [0, 0.1) is 0 Å². The van der Waals surface area contributed by atoms with E-state index in [2.05, 4.69) is 10.1 Å². The van der Waals surface area contributed by atoms with Gasteiger partial charge in [0.2, 0.25) is 0 Å². The van der Waals surface area contributed by atoms with Crippen LogP contribution >= 0.6 is 11.6 Å². The Bertz CT molecular complexity index is 668. The van der Waals surface area contributed by atoms with Crippen LogP contribution < -0.4 is 0 Å². The first kappa shape index (κ1) is 14.6. The highest BCUT2D eigenvalue weighted by molar-refractivity contribution is 6.30. The fraction of sp³-hybridized carbons (Fsp3) is 0.267. The van der Waals surface area contributed by atoms with Crippen LogP contribution in [-0.4, -0.2) is 27.3 Å². The van der Waals surface area contributed by atoms with Crippen molar-refractivity contribution in [2.24, 2.45) is 0 Å². The number of halogens is 1. The molecule has 6 nitrogen and oxygen atoms in total. The number of esters is 1. The van der Waals surface area contributed by atoms with Crippen molar-refractivity contribution >= 4 is 17.6 Å². The molecule has 0 saturated carbocycles. The van der Waals surface area contributed by atoms with Crippen LogP contribution in [0.2, 0.25) is 5.02 Å². The van der Waals surface area contributed by atoms with E-state index in [9.17, 15) is 4.79 Å². The largest absolute Gasteiger partial charge is 0.500 e. The third kappa shape index (κ3) is 3.46. The second kappa shape index (κ2) is 6.62. The maximum atomic E-state index is 12.2. The van der Waals surface area contributed by atoms with Crippen molar-refractivity contribution in [3.63, 3.8) is 0 Å². The van der Waals surface area contributed by atoms with Gasteiger partial charge in [-0.05, 0) is 17.7 Å². The van der Waals surface area contributed by atoms with E-state index >= 15 is 0 Å². The lowest BCUT2D eigenvalue weighted by Gasteiger charge is -2.18. The molecule has 2 aromatic rings. The monoisotopic (exact) mass is 319 g/mol. The zero-order valence-electron chi connectivity index (χ0n) is 11.7. The molecule has 0 fully saturated rings. The van der Waals surface area contributed by atoms with Gasteiger partial charge in [0.15, 0.2) is 0 Å². The number of benzene rings is 1. The maximum absolute atomic E-state index is 12.2. The van der Waals surface area contributed by atoms with Gasteiger partial charge in [-0.15, -0.1) is 0 Å². The molecule has 0 radical (unpaired) electrons. The quantitative estimate of drug-likeness (QED) is 0.792. The highest BCUT2D eigenvalue weighted by Gasteiger charge is 2.22. The number of ether oxygens (including phenoxy) is 2. The molecule has 1 aromatic carbocycles. The first-order valence-electron chi connectivity index (χ1n) is 6.82. The molecule has 1 aliphatic rings. The van der Waals surface area contributed by atoms with Crippen molar-refractivity contribution < 1.29 is 14.3 Å². The number of nitrogens with zero attached hydrogens (tertiary/aromatic N) is 3. The Kier molecular flexibility index (Phi) is 4.39. The highest BCUT2D eigenvalue weighted by atomic mass is 35.5. The fourth-order valence-corrected chi connectivity index (χ4v) is 2.25. The standard InChI is InChI=1S/C15H14ClN3O3/c16-13-3-1-11(2-4-13)14(7-19-10-17-9-18-19)22-15(20)12-5-6-21-8-12/h1-4,8-10,14H,5-7H2. The smallest absolute Gasteiger partial charge is 0.337 e. The summed E-state index contributed by atoms with van der Waals surface area (Å²) in [6.07, 6.45) is 4.56. The molecule has 0 N–H and O–H groups in total. The first-order chi connectivity index (χ1) is 10.7.